The predicted molar refractivity (Wildman–Crippen MR) is 83.7 cm³/mol. The molecular weight excluding hydrogens is 286 g/mol. The van der Waals surface area contributed by atoms with Gasteiger partial charge in [0.2, 0.25) is 0 Å². The molecule has 0 aliphatic carbocycles. The van der Waals surface area contributed by atoms with Crippen LogP contribution in [0, 0.1) is 20.8 Å². The van der Waals surface area contributed by atoms with Gasteiger partial charge in [0.25, 0.3) is 5.56 Å². The minimum absolute atomic E-state index is 0.0625. The van der Waals surface area contributed by atoms with Crippen molar-refractivity contribution in [3.63, 3.8) is 0 Å². The van der Waals surface area contributed by atoms with Crippen LogP contribution in [-0.4, -0.2) is 9.97 Å². The number of nitrogens with one attached hydrogen (secondary N) is 2. The zero-order valence-corrected chi connectivity index (χ0v) is 13.1. The zero-order chi connectivity index (χ0) is 15.0. The van der Waals surface area contributed by atoms with Crippen LogP contribution in [0.5, 0.6) is 0 Å². The van der Waals surface area contributed by atoms with Gasteiger partial charge in [-0.05, 0) is 38.5 Å². The fourth-order valence-electron chi connectivity index (χ4n) is 2.27. The van der Waals surface area contributed by atoms with Gasteiger partial charge in [0, 0.05) is 4.88 Å². The first-order chi connectivity index (χ1) is 10.0. The highest BCUT2D eigenvalue weighted by atomic mass is 32.1. The van der Waals surface area contributed by atoms with Crippen molar-refractivity contribution < 1.29 is 4.42 Å². The van der Waals surface area contributed by atoms with Crippen molar-refractivity contribution in [2.24, 2.45) is 0 Å². The van der Waals surface area contributed by atoms with E-state index in [1.54, 1.807) is 11.3 Å². The standard InChI is InChI=1S/C15H17N3O2S/c1-8-4-5-11(20-8)6-16-7-12-17-14(19)13-9(2)10(3)21-15(13)18-12/h4-5,16H,6-7H2,1-3H3,(H,17,18,19). The SMILES string of the molecule is Cc1ccc(CNCc2nc3sc(C)c(C)c3c(=O)[nH]2)o1. The van der Waals surface area contributed by atoms with E-state index in [-0.39, 0.29) is 5.56 Å². The summed E-state index contributed by atoms with van der Waals surface area (Å²) in [6.07, 6.45) is 0. The molecule has 0 aliphatic heterocycles. The first-order valence-electron chi connectivity index (χ1n) is 6.79. The lowest BCUT2D eigenvalue weighted by atomic mass is 10.2. The summed E-state index contributed by atoms with van der Waals surface area (Å²) in [5.74, 6) is 2.42. The smallest absolute Gasteiger partial charge is 0.259 e. The van der Waals surface area contributed by atoms with Crippen LogP contribution in [0.2, 0.25) is 0 Å². The van der Waals surface area contributed by atoms with E-state index in [4.69, 9.17) is 4.42 Å². The molecule has 0 radical (unpaired) electrons. The van der Waals surface area contributed by atoms with Crippen molar-refractivity contribution in [1.82, 2.24) is 15.3 Å². The summed E-state index contributed by atoms with van der Waals surface area (Å²) in [5.41, 5.74) is 0.960. The first kappa shape index (κ1) is 14.0. The molecule has 2 N–H and O–H groups in total. The molecule has 0 aromatic carbocycles. The number of aryl methyl sites for hydroxylation is 3. The number of fused-ring (bicyclic) bond motifs is 1. The Hall–Kier alpha value is -1.92. The van der Waals surface area contributed by atoms with Gasteiger partial charge in [0.15, 0.2) is 0 Å². The minimum atomic E-state index is -0.0625. The number of nitrogens with zero attached hydrogens (tertiary/aromatic N) is 1. The highest BCUT2D eigenvalue weighted by molar-refractivity contribution is 7.18. The number of aromatic amines is 1. The Kier molecular flexibility index (Phi) is 3.65. The zero-order valence-electron chi connectivity index (χ0n) is 12.2. The van der Waals surface area contributed by atoms with Crippen LogP contribution in [0.4, 0.5) is 0 Å². The number of H-pyrrole nitrogens is 1. The van der Waals surface area contributed by atoms with Crippen LogP contribution in [0.25, 0.3) is 10.2 Å². The van der Waals surface area contributed by atoms with E-state index >= 15 is 0 Å². The van der Waals surface area contributed by atoms with E-state index < -0.39 is 0 Å². The Balaban J connectivity index is 1.77. The fraction of sp³-hybridized carbons (Fsp3) is 0.333. The van der Waals surface area contributed by atoms with Crippen molar-refractivity contribution in [3.05, 3.63) is 50.3 Å². The third kappa shape index (κ3) is 2.77. The monoisotopic (exact) mass is 303 g/mol. The van der Waals surface area contributed by atoms with Crippen LogP contribution in [0.15, 0.2) is 21.3 Å². The van der Waals surface area contributed by atoms with E-state index in [0.29, 0.717) is 24.3 Å². The summed E-state index contributed by atoms with van der Waals surface area (Å²) < 4.78 is 5.48. The van der Waals surface area contributed by atoms with E-state index in [1.165, 1.54) is 0 Å². The number of hydrogen-bond acceptors (Lipinski definition) is 5. The molecule has 3 aromatic rings. The molecule has 3 heterocycles. The second-order valence-electron chi connectivity index (χ2n) is 5.09. The Morgan fingerprint density at radius 3 is 2.81 bits per heavy atom. The van der Waals surface area contributed by atoms with Crippen LogP contribution < -0.4 is 10.9 Å². The van der Waals surface area contributed by atoms with Gasteiger partial charge in [-0.25, -0.2) is 4.98 Å². The molecule has 3 aromatic heterocycles. The average Bonchev–Trinajstić information content (AvgIpc) is 2.95. The number of aromatic nitrogens is 2. The number of hydrogen-bond donors (Lipinski definition) is 2. The van der Waals surface area contributed by atoms with Gasteiger partial charge < -0.3 is 14.7 Å². The summed E-state index contributed by atoms with van der Waals surface area (Å²) in [5, 5.41) is 3.93. The molecule has 0 amide bonds. The fourth-order valence-corrected chi connectivity index (χ4v) is 3.32. The topological polar surface area (TPSA) is 70.9 Å². The Morgan fingerprint density at radius 1 is 1.29 bits per heavy atom. The third-order valence-corrected chi connectivity index (χ3v) is 4.58. The van der Waals surface area contributed by atoms with Crippen molar-refractivity contribution in [2.75, 3.05) is 0 Å². The summed E-state index contributed by atoms with van der Waals surface area (Å²) in [6, 6.07) is 3.87. The largest absolute Gasteiger partial charge is 0.465 e. The van der Waals surface area contributed by atoms with Crippen LogP contribution >= 0.6 is 11.3 Å². The van der Waals surface area contributed by atoms with Gasteiger partial charge in [-0.1, -0.05) is 0 Å². The normalized spacial score (nSPS) is 11.4. The predicted octanol–water partition coefficient (Wildman–Crippen LogP) is 2.79. The van der Waals surface area contributed by atoms with Gasteiger partial charge >= 0.3 is 0 Å². The lowest BCUT2D eigenvalue weighted by molar-refractivity contribution is 0.460. The van der Waals surface area contributed by atoms with E-state index in [9.17, 15) is 4.79 Å². The summed E-state index contributed by atoms with van der Waals surface area (Å²) >= 11 is 1.56. The molecule has 5 nitrogen and oxygen atoms in total. The quantitative estimate of drug-likeness (QED) is 0.777. The molecule has 21 heavy (non-hydrogen) atoms. The second-order valence-corrected chi connectivity index (χ2v) is 6.30. The van der Waals surface area contributed by atoms with E-state index in [2.05, 4.69) is 15.3 Å². The van der Waals surface area contributed by atoms with Gasteiger partial charge in [0.1, 0.15) is 22.2 Å². The van der Waals surface area contributed by atoms with Gasteiger partial charge in [-0.15, -0.1) is 11.3 Å². The number of thiophene rings is 1. The van der Waals surface area contributed by atoms with Crippen LogP contribution in [-0.2, 0) is 13.1 Å². The van der Waals surface area contributed by atoms with Gasteiger partial charge in [-0.3, -0.25) is 4.79 Å². The van der Waals surface area contributed by atoms with Gasteiger partial charge in [0.05, 0.1) is 18.5 Å². The molecule has 0 aliphatic rings. The van der Waals surface area contributed by atoms with Crippen molar-refractivity contribution in [2.45, 2.75) is 33.9 Å². The molecule has 0 saturated heterocycles. The summed E-state index contributed by atoms with van der Waals surface area (Å²) in [7, 11) is 0. The lowest BCUT2D eigenvalue weighted by Crippen LogP contribution is -2.18. The highest BCUT2D eigenvalue weighted by Crippen LogP contribution is 2.25. The summed E-state index contributed by atoms with van der Waals surface area (Å²) in [6.45, 7) is 7.00. The molecular formula is C15H17N3O2S. The van der Waals surface area contributed by atoms with Crippen molar-refractivity contribution in [1.29, 1.82) is 0 Å². The average molecular weight is 303 g/mol. The maximum absolute atomic E-state index is 12.1. The van der Waals surface area contributed by atoms with E-state index in [0.717, 1.165) is 26.8 Å². The Morgan fingerprint density at radius 2 is 2.10 bits per heavy atom. The van der Waals surface area contributed by atoms with E-state index in [1.807, 2.05) is 32.9 Å². The maximum Gasteiger partial charge on any atom is 0.259 e. The minimum Gasteiger partial charge on any atom is -0.465 e. The van der Waals surface area contributed by atoms with Gasteiger partial charge in [-0.2, -0.15) is 0 Å². The Bertz CT molecular complexity index is 844. The molecule has 6 heteroatoms. The molecule has 0 fully saturated rings. The molecule has 0 bridgehead atoms. The third-order valence-electron chi connectivity index (χ3n) is 3.48. The molecule has 110 valence electrons. The molecule has 0 spiro atoms. The molecule has 0 saturated carbocycles. The summed E-state index contributed by atoms with van der Waals surface area (Å²) in [4.78, 5) is 21.4. The molecule has 0 unspecified atom stereocenters. The second kappa shape index (κ2) is 5.46. The number of furan rings is 1. The van der Waals surface area contributed by atoms with Crippen LogP contribution in [0.3, 0.4) is 0 Å². The van der Waals surface area contributed by atoms with Crippen molar-refractivity contribution >= 4 is 21.6 Å². The van der Waals surface area contributed by atoms with Crippen molar-refractivity contribution in [3.8, 4) is 0 Å². The molecule has 0 atom stereocenters. The number of rotatable bonds is 4. The maximum atomic E-state index is 12.1. The highest BCUT2D eigenvalue weighted by Gasteiger charge is 2.11. The Labute approximate surface area is 126 Å². The van der Waals surface area contributed by atoms with Crippen LogP contribution in [0.1, 0.15) is 27.8 Å². The molecule has 3 rings (SSSR count). The first-order valence-corrected chi connectivity index (χ1v) is 7.61. The lowest BCUT2D eigenvalue weighted by Gasteiger charge is -2.02.